The van der Waals surface area contributed by atoms with Crippen LogP contribution in [0.4, 0.5) is 5.82 Å². The molecule has 2 aliphatic rings. The quantitative estimate of drug-likeness (QED) is 0.315. The highest BCUT2D eigenvalue weighted by molar-refractivity contribution is 5.92. The van der Waals surface area contributed by atoms with E-state index in [0.717, 1.165) is 46.1 Å². The maximum absolute atomic E-state index is 12.9. The summed E-state index contributed by atoms with van der Waals surface area (Å²) in [6.07, 6.45) is 5.28. The number of rotatable bonds is 5. The third-order valence-electron chi connectivity index (χ3n) is 8.29. The van der Waals surface area contributed by atoms with Crippen molar-refractivity contribution in [1.29, 1.82) is 0 Å². The van der Waals surface area contributed by atoms with Crippen molar-refractivity contribution in [2.75, 3.05) is 25.4 Å². The number of nitrogens with zero attached hydrogens (tertiary/aromatic N) is 6. The highest BCUT2D eigenvalue weighted by Gasteiger charge is 2.34. The molecule has 0 bridgehead atoms. The molecule has 5 aromatic rings. The lowest BCUT2D eigenvalue weighted by atomic mass is 9.92. The van der Waals surface area contributed by atoms with Gasteiger partial charge in [-0.1, -0.05) is 42.5 Å². The summed E-state index contributed by atoms with van der Waals surface area (Å²) in [6, 6.07) is 18.5. The van der Waals surface area contributed by atoms with Crippen LogP contribution in [0.5, 0.6) is 0 Å². The molecule has 2 aromatic carbocycles. The van der Waals surface area contributed by atoms with Gasteiger partial charge in [0.1, 0.15) is 11.8 Å². The van der Waals surface area contributed by atoms with Crippen LogP contribution in [0, 0.1) is 0 Å². The van der Waals surface area contributed by atoms with Crippen molar-refractivity contribution < 1.29 is 9.90 Å². The van der Waals surface area contributed by atoms with Crippen LogP contribution in [0.3, 0.4) is 0 Å². The van der Waals surface area contributed by atoms with Crippen LogP contribution in [-0.4, -0.2) is 72.1 Å². The van der Waals surface area contributed by atoms with E-state index in [1.165, 1.54) is 11.9 Å². The van der Waals surface area contributed by atoms with Crippen molar-refractivity contribution in [1.82, 2.24) is 34.6 Å². The zero-order valence-electron chi connectivity index (χ0n) is 22.1. The zero-order chi connectivity index (χ0) is 27.2. The predicted octanol–water partition coefficient (Wildman–Crippen LogP) is 2.81. The molecule has 4 N–H and O–H groups in total. The number of amides is 1. The number of benzene rings is 2. The Labute approximate surface area is 231 Å². The number of piperidine rings is 1. The Hall–Kier alpha value is -4.28. The minimum Gasteiger partial charge on any atom is -0.392 e. The number of β-amino-alcohol motifs (C(OH)–C–C–N with tert-alkyl or cyclic N) is 1. The number of likely N-dealkylation sites (tertiary alicyclic amines) is 1. The Balaban J connectivity index is 1.17. The molecule has 2 fully saturated rings. The van der Waals surface area contributed by atoms with Crippen molar-refractivity contribution in [2.24, 2.45) is 0 Å². The Kier molecular flexibility index (Phi) is 6.21. The fraction of sp³-hybridized carbons (Fsp3) is 0.333. The van der Waals surface area contributed by atoms with Gasteiger partial charge in [0.15, 0.2) is 5.82 Å². The molecule has 2 aliphatic heterocycles. The van der Waals surface area contributed by atoms with E-state index in [0.29, 0.717) is 38.4 Å². The van der Waals surface area contributed by atoms with Crippen molar-refractivity contribution in [3.63, 3.8) is 0 Å². The fourth-order valence-corrected chi connectivity index (χ4v) is 6.21. The van der Waals surface area contributed by atoms with Crippen LogP contribution in [0.1, 0.15) is 36.4 Å². The topological polar surface area (TPSA) is 127 Å². The standard InChI is InChI=1S/C30H32N8O2/c31-29-28-24(21-6-7-22-17-37(35-25(22)12-21)16-19-4-2-1-3-5-19)14-27(38(28)34-18-33-29)20-8-10-36(11-9-20)30(40)26-13-23(39)15-32-26/h1-7,12,14,17-18,20,23,26,32,39H,8-11,13,15-16H2,(H2,31,33,34)/t23-,26?/m1/s1. The zero-order valence-corrected chi connectivity index (χ0v) is 22.1. The summed E-state index contributed by atoms with van der Waals surface area (Å²) in [5.41, 5.74) is 12.4. The van der Waals surface area contributed by atoms with Crippen molar-refractivity contribution in [3.8, 4) is 11.1 Å². The Bertz CT molecular complexity index is 1690. The smallest absolute Gasteiger partial charge is 0.239 e. The summed E-state index contributed by atoms with van der Waals surface area (Å²) in [6.45, 7) is 2.53. The van der Waals surface area contributed by atoms with E-state index in [2.05, 4.69) is 58.0 Å². The molecule has 3 aromatic heterocycles. The second kappa shape index (κ2) is 10.0. The molecule has 10 nitrogen and oxygen atoms in total. The first-order valence-electron chi connectivity index (χ1n) is 13.9. The number of carbonyl (C=O) groups excluding carboxylic acids is 1. The van der Waals surface area contributed by atoms with Crippen LogP contribution in [-0.2, 0) is 11.3 Å². The van der Waals surface area contributed by atoms with E-state index in [1.54, 1.807) is 0 Å². The second-order valence-electron chi connectivity index (χ2n) is 10.9. The van der Waals surface area contributed by atoms with E-state index in [4.69, 9.17) is 10.8 Å². The average Bonchev–Trinajstić information content (AvgIpc) is 3.70. The molecule has 2 saturated heterocycles. The lowest BCUT2D eigenvalue weighted by molar-refractivity contribution is -0.134. The number of carbonyl (C=O) groups is 1. The molecule has 1 amide bonds. The average molecular weight is 537 g/mol. The molecule has 0 radical (unpaired) electrons. The molecule has 204 valence electrons. The molecule has 7 rings (SSSR count). The molecule has 40 heavy (non-hydrogen) atoms. The van der Waals surface area contributed by atoms with Crippen molar-refractivity contribution in [3.05, 3.63) is 78.4 Å². The number of nitrogens with two attached hydrogens (primary N) is 1. The summed E-state index contributed by atoms with van der Waals surface area (Å²) in [4.78, 5) is 19.2. The second-order valence-corrected chi connectivity index (χ2v) is 10.9. The summed E-state index contributed by atoms with van der Waals surface area (Å²) >= 11 is 0. The van der Waals surface area contributed by atoms with Gasteiger partial charge in [0.25, 0.3) is 0 Å². The number of fused-ring (bicyclic) bond motifs is 2. The van der Waals surface area contributed by atoms with Gasteiger partial charge in [0.05, 0.1) is 24.2 Å². The van der Waals surface area contributed by atoms with E-state index in [-0.39, 0.29) is 17.9 Å². The number of anilines is 1. The largest absolute Gasteiger partial charge is 0.392 e. The summed E-state index contributed by atoms with van der Waals surface area (Å²) in [7, 11) is 0. The van der Waals surface area contributed by atoms with Gasteiger partial charge in [0, 0.05) is 48.4 Å². The van der Waals surface area contributed by atoms with Crippen LogP contribution < -0.4 is 11.1 Å². The summed E-state index contributed by atoms with van der Waals surface area (Å²) < 4.78 is 3.90. The Morgan fingerprint density at radius 1 is 1.10 bits per heavy atom. The highest BCUT2D eigenvalue weighted by Crippen LogP contribution is 2.37. The molecule has 10 heteroatoms. The third-order valence-corrected chi connectivity index (χ3v) is 8.29. The third kappa shape index (κ3) is 4.48. The number of nitrogens with one attached hydrogen (secondary N) is 1. The first-order valence-corrected chi connectivity index (χ1v) is 13.9. The number of aliphatic hydroxyl groups is 1. The van der Waals surface area contributed by atoms with E-state index in [9.17, 15) is 9.90 Å². The normalized spacial score (nSPS) is 20.1. The Morgan fingerprint density at radius 2 is 1.93 bits per heavy atom. The molecule has 1 unspecified atom stereocenters. The first kappa shape index (κ1) is 24.7. The molecular formula is C30H32N8O2. The van der Waals surface area contributed by atoms with Crippen LogP contribution in [0.2, 0.25) is 0 Å². The van der Waals surface area contributed by atoms with Crippen LogP contribution in [0.15, 0.2) is 67.1 Å². The number of hydrogen-bond acceptors (Lipinski definition) is 7. The number of aliphatic hydroxyl groups excluding tert-OH is 1. The highest BCUT2D eigenvalue weighted by atomic mass is 16.3. The minimum absolute atomic E-state index is 0.0854. The number of aromatic nitrogens is 5. The molecule has 0 aliphatic carbocycles. The van der Waals surface area contributed by atoms with Crippen LogP contribution >= 0.6 is 0 Å². The van der Waals surface area contributed by atoms with E-state index < -0.39 is 6.10 Å². The lowest BCUT2D eigenvalue weighted by Crippen LogP contribution is -2.46. The Morgan fingerprint density at radius 3 is 2.70 bits per heavy atom. The maximum atomic E-state index is 12.9. The SMILES string of the molecule is Nc1ncnn2c(C3CCN(C(=O)C4C[C@@H](O)CN4)CC3)cc(-c3ccc4cn(Cc5ccccc5)nc4c3)c12. The van der Waals surface area contributed by atoms with Gasteiger partial charge in [-0.25, -0.2) is 9.50 Å². The van der Waals surface area contributed by atoms with Gasteiger partial charge >= 0.3 is 0 Å². The van der Waals surface area contributed by atoms with Crippen LogP contribution in [0.25, 0.3) is 27.5 Å². The predicted molar refractivity (Wildman–Crippen MR) is 153 cm³/mol. The van der Waals surface area contributed by atoms with Gasteiger partial charge in [0.2, 0.25) is 5.91 Å². The maximum Gasteiger partial charge on any atom is 0.239 e. The monoisotopic (exact) mass is 536 g/mol. The lowest BCUT2D eigenvalue weighted by Gasteiger charge is -2.33. The van der Waals surface area contributed by atoms with Crippen molar-refractivity contribution in [2.45, 2.75) is 43.9 Å². The molecule has 5 heterocycles. The van der Waals surface area contributed by atoms with E-state index >= 15 is 0 Å². The summed E-state index contributed by atoms with van der Waals surface area (Å²) in [5, 5.41) is 23.5. The van der Waals surface area contributed by atoms with Gasteiger partial charge in [-0.2, -0.15) is 10.2 Å². The molecule has 0 spiro atoms. The summed E-state index contributed by atoms with van der Waals surface area (Å²) in [5.74, 6) is 0.752. The van der Waals surface area contributed by atoms with Gasteiger partial charge in [-0.3, -0.25) is 9.48 Å². The fourth-order valence-electron chi connectivity index (χ4n) is 6.21. The molecule has 0 saturated carbocycles. The van der Waals surface area contributed by atoms with Gasteiger partial charge in [-0.05, 0) is 42.5 Å². The number of hydrogen-bond donors (Lipinski definition) is 3. The van der Waals surface area contributed by atoms with E-state index in [1.807, 2.05) is 32.3 Å². The molecule has 2 atom stereocenters. The van der Waals surface area contributed by atoms with Gasteiger partial charge in [-0.15, -0.1) is 0 Å². The minimum atomic E-state index is -0.445. The van der Waals surface area contributed by atoms with Crippen molar-refractivity contribution >= 4 is 28.1 Å². The number of nitrogen functional groups attached to an aromatic ring is 1. The first-order chi connectivity index (χ1) is 19.5. The van der Waals surface area contributed by atoms with Gasteiger partial charge < -0.3 is 21.1 Å². The molecular weight excluding hydrogens is 504 g/mol.